The van der Waals surface area contributed by atoms with Crippen LogP contribution in [0.15, 0.2) is 495 Å². The van der Waals surface area contributed by atoms with Crippen molar-refractivity contribution >= 4 is 122 Å². The zero-order chi connectivity index (χ0) is 93.5. The Hall–Kier alpha value is -14.2. The highest BCUT2D eigenvalue weighted by atomic mass is 31.2. The summed E-state index contributed by atoms with van der Waals surface area (Å²) in [6, 6.07) is 173. The molecule has 0 saturated carbocycles. The Morgan fingerprint density at radius 1 is 0.302 bits per heavy atom. The molecule has 0 amide bonds. The van der Waals surface area contributed by atoms with Crippen molar-refractivity contribution in [3.8, 4) is 0 Å². The van der Waals surface area contributed by atoms with Crippen LogP contribution in [-0.2, 0) is 31.6 Å². The van der Waals surface area contributed by atoms with Gasteiger partial charge in [0.25, 0.3) is 0 Å². The van der Waals surface area contributed by atoms with Crippen LogP contribution >= 0.6 is 28.6 Å². The SMILES string of the molecule is CN=P(CCCc1ccccc1C1=C2C=CC3=[N+]2C24n5c1ccc5C(c1ccccc1CCC[P+](c1ccccc1)(c1ccccc1)N(C)c1ccccc1)=C1C=CC(=[N+]12)C(c1ccccc1CCCP(c1ccccc1)(c1ccccc1)=[N+](C)c1ccccc1)=c1ccc(n14)=C3c1ccccc1CCCP(c1ccccc1)(c1ccccc1)=[N+](C)c1ccccc1)(c1ccccc1)c1ccccc1. The van der Waals surface area contributed by atoms with Gasteiger partial charge < -0.3 is 0 Å². The molecule has 6 aliphatic rings. The van der Waals surface area contributed by atoms with Crippen molar-refractivity contribution in [3.05, 3.63) is 557 Å². The number of nitrogens with zero attached hydrogens (tertiary/aromatic N) is 8. The second kappa shape index (κ2) is 38.0. The summed E-state index contributed by atoms with van der Waals surface area (Å²) in [4.78, 5) is 0. The van der Waals surface area contributed by atoms with Crippen LogP contribution in [-0.4, -0.2) is 91.2 Å². The Balaban J connectivity index is 0.749. The third-order valence-corrected chi connectivity index (χ3v) is 47.9. The molecule has 2 aromatic heterocycles. The average Bonchev–Trinajstić information content (AvgIpc) is 1.46. The number of rotatable bonds is 32. The zero-order valence-corrected chi connectivity index (χ0v) is 83.0. The van der Waals surface area contributed by atoms with Crippen LogP contribution in [0.4, 0.5) is 17.1 Å². The lowest BCUT2D eigenvalue weighted by molar-refractivity contribution is -0.834. The van der Waals surface area contributed by atoms with E-state index < -0.39 is 34.5 Å². The van der Waals surface area contributed by atoms with Crippen LogP contribution in [0, 0.1) is 0 Å². The van der Waals surface area contributed by atoms with Crippen molar-refractivity contribution in [2.45, 2.75) is 57.3 Å². The monoisotopic (exact) mass is 1880 g/mol. The van der Waals surface area contributed by atoms with Gasteiger partial charge in [-0.05, 0) is 222 Å². The largest absolute Gasteiger partial charge is 0.553 e. The predicted octanol–water partition coefficient (Wildman–Crippen LogP) is 24.0. The smallest absolute Gasteiger partial charge is 0.297 e. The first-order valence-electron chi connectivity index (χ1n) is 49.4. The van der Waals surface area contributed by atoms with Gasteiger partial charge in [0.15, 0.2) is 21.5 Å². The van der Waals surface area contributed by atoms with E-state index in [4.69, 9.17) is 4.74 Å². The van der Waals surface area contributed by atoms with E-state index in [1.807, 2.05) is 0 Å². The molecule has 12 heteroatoms. The van der Waals surface area contributed by atoms with Crippen molar-refractivity contribution in [3.63, 3.8) is 0 Å². The highest BCUT2D eigenvalue weighted by molar-refractivity contribution is 7.90. The summed E-state index contributed by atoms with van der Waals surface area (Å²) in [6.07, 6.45) is 21.1. The van der Waals surface area contributed by atoms with Crippen LogP contribution in [0.5, 0.6) is 0 Å². The minimum atomic E-state index is -2.33. The summed E-state index contributed by atoms with van der Waals surface area (Å²) < 4.78 is 24.9. The summed E-state index contributed by atoms with van der Waals surface area (Å²) in [7, 11) is -0.0499. The maximum Gasteiger partial charge on any atom is 0.553 e. The number of anilines is 1. The molecule has 6 aliphatic heterocycles. The fraction of sp³-hybridized carbons (Fsp3) is 0.134. The lowest BCUT2D eigenvalue weighted by Gasteiger charge is -2.41. The van der Waals surface area contributed by atoms with Crippen molar-refractivity contribution in [1.29, 1.82) is 0 Å². The van der Waals surface area contributed by atoms with Gasteiger partial charge in [0.05, 0.1) is 56.2 Å². The highest BCUT2D eigenvalue weighted by Crippen LogP contribution is 2.62. The Morgan fingerprint density at radius 3 is 0.950 bits per heavy atom. The number of allylic oxidation sites excluding steroid dienone is 4. The summed E-state index contributed by atoms with van der Waals surface area (Å²) in [5.74, 6) is -1.08. The minimum Gasteiger partial charge on any atom is -0.297 e. The Labute approximate surface area is 819 Å². The van der Waals surface area contributed by atoms with Crippen molar-refractivity contribution < 1.29 is 17.8 Å². The first-order valence-corrected chi connectivity index (χ1v) is 57.1. The molecule has 0 aliphatic carbocycles. The van der Waals surface area contributed by atoms with Gasteiger partial charge in [-0.2, -0.15) is 9.13 Å². The lowest BCUT2D eigenvalue weighted by atomic mass is 9.88. The summed E-state index contributed by atoms with van der Waals surface area (Å²) in [6.45, 7) is 0. The molecule has 17 aromatic rings. The number of hydrogen-bond acceptors (Lipinski definition) is 2. The molecule has 0 radical (unpaired) electrons. The molecule has 1 atom stereocenters. The maximum atomic E-state index is 5.55. The van der Waals surface area contributed by atoms with Gasteiger partial charge in [-0.1, -0.05) is 331 Å². The Kier molecular flexibility index (Phi) is 24.2. The van der Waals surface area contributed by atoms with Crippen LogP contribution in [0.1, 0.15) is 81.6 Å². The van der Waals surface area contributed by atoms with Crippen LogP contribution in [0.3, 0.4) is 0 Å². The molecule has 0 bridgehead atoms. The van der Waals surface area contributed by atoms with Crippen LogP contribution < -0.4 is 57.8 Å². The second-order valence-corrected chi connectivity index (χ2v) is 51.6. The third kappa shape index (κ3) is 14.9. The lowest BCUT2D eigenvalue weighted by Crippen LogP contribution is -2.71. The van der Waals surface area contributed by atoms with E-state index in [0.717, 1.165) is 76.0 Å². The zero-order valence-electron chi connectivity index (χ0n) is 79.5. The van der Waals surface area contributed by atoms with E-state index in [0.29, 0.717) is 0 Å². The number of para-hydroxylation sites is 3. The molecule has 1 unspecified atom stereocenters. The quantitative estimate of drug-likeness (QED) is 0.0306. The van der Waals surface area contributed by atoms with E-state index in [2.05, 4.69) is 539 Å². The second-order valence-electron chi connectivity index (χ2n) is 37.3. The Bertz CT molecular complexity index is 7920. The molecular formula is C127H115N8P4+5. The van der Waals surface area contributed by atoms with Crippen LogP contribution in [0.25, 0.3) is 22.3 Å². The maximum absolute atomic E-state index is 5.55. The van der Waals surface area contributed by atoms with Gasteiger partial charge in [0.1, 0.15) is 24.7 Å². The molecule has 0 N–H and O–H groups in total. The predicted molar refractivity (Wildman–Crippen MR) is 590 cm³/mol. The van der Waals surface area contributed by atoms with Gasteiger partial charge in [-0.3, -0.25) is 4.74 Å². The van der Waals surface area contributed by atoms with E-state index >= 15 is 0 Å². The first kappa shape index (κ1) is 88.8. The molecule has 0 saturated heterocycles. The molecule has 678 valence electrons. The number of hydrogen-bond donors (Lipinski definition) is 0. The van der Waals surface area contributed by atoms with Gasteiger partial charge >= 0.3 is 5.91 Å². The Morgan fingerprint density at radius 2 is 0.597 bits per heavy atom. The molecular weight excluding hydrogens is 1760 g/mol. The van der Waals surface area contributed by atoms with Crippen molar-refractivity contribution in [2.24, 2.45) is 4.74 Å². The van der Waals surface area contributed by atoms with E-state index in [1.165, 1.54) is 171 Å². The molecule has 1 spiro atoms. The fourth-order valence-electron chi connectivity index (χ4n) is 24.1. The molecule has 8 heterocycles. The molecule has 23 rings (SSSR count). The standard InChI is InChI=1S/C127H115N8P4/c1-128-136(103-64-22-8-23-65-103,104-66-24-9-25-67-104)92-46-54-96-50-38-42-80-111(96)123-115-84-86-117-124(112-81-43-39-51-97(112)55-47-93-137(105-68-26-10-27-69-105,106-70-28-11-29-71-106)129(2)100-58-16-5-17-59-100)119-88-90-121-126(114-83-45-41-53-99(114)57-49-95-139(109-76-34-14-35-77-109,110-78-36-15-37-79-110)131(4)102-62-20-7-21-63-102)122-91-89-120-125(118-87-85-116(123)133(118)127(132(115)117,134(119)121)135(120)122)113-82-44-40-52-98(113)56-48-94-138(107-72-30-12-31-73-107,108-74-32-13-33-75-108)130(3)101-60-18-6-19-61-101/h5-45,50-53,58-91H,46-49,54-57,92-95H2,1-4H3/q+5. The normalized spacial score (nSPS) is 14.9. The van der Waals surface area contributed by atoms with E-state index in [9.17, 15) is 0 Å². The van der Waals surface area contributed by atoms with Gasteiger partial charge in [-0.15, -0.1) is 0 Å². The third-order valence-electron chi connectivity index (χ3n) is 30.4. The molecule has 15 aromatic carbocycles. The van der Waals surface area contributed by atoms with Gasteiger partial charge in [0, 0.05) is 103 Å². The molecule has 0 fully saturated rings. The van der Waals surface area contributed by atoms with Gasteiger partial charge in [0.2, 0.25) is 34.2 Å². The molecule has 139 heavy (non-hydrogen) atoms. The summed E-state index contributed by atoms with van der Waals surface area (Å²) in [5, 5.41) is 13.3. The fourth-order valence-corrected chi connectivity index (χ4v) is 40.4. The highest BCUT2D eigenvalue weighted by Gasteiger charge is 2.73. The number of aryl methyl sites for hydroxylation is 4. The molecule has 8 nitrogen and oxygen atoms in total. The minimum absolute atomic E-state index is 0.855. The van der Waals surface area contributed by atoms with Crippen LogP contribution in [0.2, 0.25) is 0 Å². The summed E-state index contributed by atoms with van der Waals surface area (Å²) >= 11 is 0. The van der Waals surface area contributed by atoms with Crippen molar-refractivity contribution in [2.75, 3.05) is 57.5 Å². The van der Waals surface area contributed by atoms with Gasteiger partial charge in [-0.25, -0.2) is 13.3 Å². The number of aromatic nitrogens is 2. The van der Waals surface area contributed by atoms with Crippen molar-refractivity contribution in [1.82, 2.24) is 9.13 Å². The number of benzene rings is 15. The average molecular weight is 1880 g/mol. The summed E-state index contributed by atoms with van der Waals surface area (Å²) in [5.41, 5.74) is 26.1. The van der Waals surface area contributed by atoms with E-state index in [1.54, 1.807) is 0 Å². The topological polar surface area (TPSA) is 37.5 Å². The van der Waals surface area contributed by atoms with E-state index in [-0.39, 0.29) is 0 Å². The first-order chi connectivity index (χ1) is 68.7.